The number of hydrogen-bond acceptors (Lipinski definition) is 3. The number of aromatic nitrogens is 2. The highest BCUT2D eigenvalue weighted by Gasteiger charge is 2.28. The van der Waals surface area contributed by atoms with Gasteiger partial charge in [-0.3, -0.25) is 9.58 Å². The quantitative estimate of drug-likeness (QED) is 0.926. The first-order valence-electron chi connectivity index (χ1n) is 8.40. The molecule has 21 heavy (non-hydrogen) atoms. The van der Waals surface area contributed by atoms with Crippen LogP contribution >= 0.6 is 0 Å². The van der Waals surface area contributed by atoms with Crippen LogP contribution in [0.15, 0.2) is 12.3 Å². The molecule has 0 amide bonds. The largest absolute Gasteiger partial charge is 0.312 e. The van der Waals surface area contributed by atoms with E-state index in [0.29, 0.717) is 17.5 Å². The Hall–Kier alpha value is -0.870. The molecule has 1 aromatic rings. The van der Waals surface area contributed by atoms with E-state index in [4.69, 9.17) is 5.10 Å². The van der Waals surface area contributed by atoms with E-state index in [9.17, 15) is 0 Å². The summed E-state index contributed by atoms with van der Waals surface area (Å²) in [5.41, 5.74) is 1.50. The first-order chi connectivity index (χ1) is 9.90. The Balaban J connectivity index is 1.99. The topological polar surface area (TPSA) is 33.1 Å². The van der Waals surface area contributed by atoms with Crippen LogP contribution in [0.4, 0.5) is 0 Å². The van der Waals surface area contributed by atoms with Crippen molar-refractivity contribution in [1.29, 1.82) is 0 Å². The van der Waals surface area contributed by atoms with Crippen molar-refractivity contribution in [2.24, 2.45) is 5.41 Å². The van der Waals surface area contributed by atoms with Gasteiger partial charge in [0.25, 0.3) is 0 Å². The molecule has 1 aliphatic rings. The van der Waals surface area contributed by atoms with E-state index in [1.807, 2.05) is 0 Å². The highest BCUT2D eigenvalue weighted by atomic mass is 15.3. The van der Waals surface area contributed by atoms with E-state index < -0.39 is 0 Å². The average Bonchev–Trinajstić information content (AvgIpc) is 2.74. The maximum Gasteiger partial charge on any atom is 0.0764 e. The number of hydrogen-bond donors (Lipinski definition) is 1. The van der Waals surface area contributed by atoms with Gasteiger partial charge in [-0.15, -0.1) is 0 Å². The van der Waals surface area contributed by atoms with Gasteiger partial charge in [-0.25, -0.2) is 0 Å². The predicted molar refractivity (Wildman–Crippen MR) is 88.4 cm³/mol. The molecule has 0 spiro atoms. The van der Waals surface area contributed by atoms with Crippen molar-refractivity contribution in [2.45, 2.75) is 66.1 Å². The second-order valence-electron chi connectivity index (χ2n) is 7.51. The molecule has 1 N–H and O–H groups in total. The predicted octanol–water partition coefficient (Wildman–Crippen LogP) is 3.06. The lowest BCUT2D eigenvalue weighted by Gasteiger charge is -2.33. The molecule has 2 rings (SSSR count). The summed E-state index contributed by atoms with van der Waals surface area (Å²) in [7, 11) is 0. The van der Waals surface area contributed by atoms with Crippen LogP contribution in [0.1, 0.15) is 59.2 Å². The van der Waals surface area contributed by atoms with E-state index in [0.717, 1.165) is 32.6 Å². The molecule has 1 aromatic heterocycles. The van der Waals surface area contributed by atoms with Gasteiger partial charge in [-0.1, -0.05) is 27.7 Å². The zero-order valence-electron chi connectivity index (χ0n) is 14.4. The molecular weight excluding hydrogens is 260 g/mol. The highest BCUT2D eigenvalue weighted by Crippen LogP contribution is 2.22. The first-order valence-corrected chi connectivity index (χ1v) is 8.40. The molecule has 0 aromatic carbocycles. The van der Waals surface area contributed by atoms with Gasteiger partial charge in [0.2, 0.25) is 0 Å². The Bertz CT molecular complexity index is 432. The molecule has 4 nitrogen and oxygen atoms in total. The van der Waals surface area contributed by atoms with Gasteiger partial charge in [0.15, 0.2) is 0 Å². The summed E-state index contributed by atoms with van der Waals surface area (Å²) in [5, 5.41) is 8.45. The summed E-state index contributed by atoms with van der Waals surface area (Å²) in [4.78, 5) is 2.55. The molecule has 1 saturated heterocycles. The van der Waals surface area contributed by atoms with E-state index in [2.05, 4.69) is 61.8 Å². The third kappa shape index (κ3) is 4.55. The zero-order valence-corrected chi connectivity index (χ0v) is 14.4. The van der Waals surface area contributed by atoms with Gasteiger partial charge >= 0.3 is 0 Å². The molecule has 120 valence electrons. The first kappa shape index (κ1) is 16.5. The van der Waals surface area contributed by atoms with E-state index in [-0.39, 0.29) is 0 Å². The molecule has 4 heteroatoms. The Morgan fingerprint density at radius 3 is 2.86 bits per heavy atom. The lowest BCUT2D eigenvalue weighted by Crippen LogP contribution is -2.46. The summed E-state index contributed by atoms with van der Waals surface area (Å²) < 4.78 is 2.10. The molecule has 2 heterocycles. The van der Waals surface area contributed by atoms with Crippen LogP contribution in [-0.4, -0.2) is 40.4 Å². The van der Waals surface area contributed by atoms with Gasteiger partial charge in [0.1, 0.15) is 0 Å². The van der Waals surface area contributed by atoms with Crippen LogP contribution in [-0.2, 0) is 6.54 Å². The fourth-order valence-electron chi connectivity index (χ4n) is 2.84. The second-order valence-corrected chi connectivity index (χ2v) is 7.51. The molecule has 1 aliphatic heterocycles. The van der Waals surface area contributed by atoms with E-state index in [1.54, 1.807) is 0 Å². The third-order valence-electron chi connectivity index (χ3n) is 4.62. The average molecular weight is 292 g/mol. The summed E-state index contributed by atoms with van der Waals surface area (Å²) >= 11 is 0. The van der Waals surface area contributed by atoms with Crippen LogP contribution in [0, 0.1) is 5.41 Å². The van der Waals surface area contributed by atoms with Crippen molar-refractivity contribution in [2.75, 3.05) is 19.6 Å². The van der Waals surface area contributed by atoms with Crippen molar-refractivity contribution < 1.29 is 0 Å². The van der Waals surface area contributed by atoms with Gasteiger partial charge in [0, 0.05) is 31.4 Å². The minimum atomic E-state index is 0.304. The normalized spacial score (nSPS) is 23.0. The minimum Gasteiger partial charge on any atom is -0.312 e. The lowest BCUT2D eigenvalue weighted by atomic mass is 9.86. The standard InChI is InChI=1S/C17H32N4/c1-6-14(2)21-11-8-15(19-21)12-20-10-7-9-18-16(13-20)17(3,4)5/h8,11,14,16,18H,6-7,9-10,12-13H2,1-5H3. The van der Waals surface area contributed by atoms with Crippen molar-refractivity contribution in [1.82, 2.24) is 20.0 Å². The summed E-state index contributed by atoms with van der Waals surface area (Å²) in [6.45, 7) is 15.8. The molecule has 0 saturated carbocycles. The molecule has 2 unspecified atom stereocenters. The molecule has 2 atom stereocenters. The highest BCUT2D eigenvalue weighted by molar-refractivity contribution is 5.00. The summed E-state index contributed by atoms with van der Waals surface area (Å²) in [5.74, 6) is 0. The Morgan fingerprint density at radius 2 is 2.19 bits per heavy atom. The number of rotatable bonds is 4. The maximum atomic E-state index is 4.75. The van der Waals surface area contributed by atoms with Gasteiger partial charge in [-0.05, 0) is 44.3 Å². The molecule has 1 fully saturated rings. The zero-order chi connectivity index (χ0) is 15.5. The van der Waals surface area contributed by atoms with Gasteiger partial charge in [0.05, 0.1) is 5.69 Å². The monoisotopic (exact) mass is 292 g/mol. The molecule has 0 bridgehead atoms. The number of nitrogens with one attached hydrogen (secondary N) is 1. The minimum absolute atomic E-state index is 0.304. The Labute approximate surface area is 129 Å². The van der Waals surface area contributed by atoms with Crippen molar-refractivity contribution in [3.63, 3.8) is 0 Å². The second kappa shape index (κ2) is 6.93. The molecule has 0 aliphatic carbocycles. The van der Waals surface area contributed by atoms with Crippen LogP contribution in [0.5, 0.6) is 0 Å². The van der Waals surface area contributed by atoms with E-state index >= 15 is 0 Å². The molecular formula is C17H32N4. The van der Waals surface area contributed by atoms with Gasteiger partial charge in [-0.2, -0.15) is 5.10 Å². The van der Waals surface area contributed by atoms with Crippen LogP contribution in [0.25, 0.3) is 0 Å². The summed E-state index contributed by atoms with van der Waals surface area (Å²) in [6, 6.07) is 3.22. The van der Waals surface area contributed by atoms with Crippen molar-refractivity contribution in [3.05, 3.63) is 18.0 Å². The van der Waals surface area contributed by atoms with Crippen molar-refractivity contribution in [3.8, 4) is 0 Å². The SMILES string of the molecule is CCC(C)n1ccc(CN2CCCNC(C(C)(C)C)C2)n1. The van der Waals surface area contributed by atoms with Crippen LogP contribution < -0.4 is 5.32 Å². The number of nitrogens with zero attached hydrogens (tertiary/aromatic N) is 3. The lowest BCUT2D eigenvalue weighted by molar-refractivity contribution is 0.190. The molecule has 0 radical (unpaired) electrons. The fourth-order valence-corrected chi connectivity index (χ4v) is 2.84. The van der Waals surface area contributed by atoms with Gasteiger partial charge < -0.3 is 5.32 Å². The van der Waals surface area contributed by atoms with Crippen LogP contribution in [0.2, 0.25) is 0 Å². The Kier molecular flexibility index (Phi) is 5.44. The maximum absolute atomic E-state index is 4.75. The van der Waals surface area contributed by atoms with E-state index in [1.165, 1.54) is 12.1 Å². The fraction of sp³-hybridized carbons (Fsp3) is 0.824. The Morgan fingerprint density at radius 1 is 1.43 bits per heavy atom. The van der Waals surface area contributed by atoms with Crippen LogP contribution in [0.3, 0.4) is 0 Å². The third-order valence-corrected chi connectivity index (χ3v) is 4.62. The summed E-state index contributed by atoms with van der Waals surface area (Å²) in [6.07, 6.45) is 4.47. The smallest absolute Gasteiger partial charge is 0.0764 e. The van der Waals surface area contributed by atoms with Crippen molar-refractivity contribution >= 4 is 0 Å².